The maximum atomic E-state index is 12.8. The summed E-state index contributed by atoms with van der Waals surface area (Å²) < 4.78 is 5.35. The number of hydrogen-bond acceptors (Lipinski definition) is 7. The van der Waals surface area contributed by atoms with Crippen LogP contribution >= 0.6 is 0 Å². The topological polar surface area (TPSA) is 138 Å². The number of urea groups is 1. The lowest BCUT2D eigenvalue weighted by atomic mass is 9.99. The number of nitrogens with one attached hydrogen (secondary N) is 4. The van der Waals surface area contributed by atoms with E-state index in [0.29, 0.717) is 43.9 Å². The van der Waals surface area contributed by atoms with Gasteiger partial charge in [0.15, 0.2) is 0 Å². The molecule has 1 aliphatic rings. The number of benzene rings is 2. The van der Waals surface area contributed by atoms with E-state index < -0.39 is 11.7 Å². The minimum absolute atomic E-state index is 0.0322. The zero-order valence-corrected chi connectivity index (χ0v) is 28.7. The molecule has 4 N–H and O–H groups in total. The standard InChI is InChI=1S/C39H43N7O4/c1-39(2,3)50-38(49)44-32-18-23-46(27-32)24-22-42-36(47)31-14-11-28(12-15-31)10-13-30-8-4-5-9-33(30)34-17-20-41-26-35(34)45-37(48)43-21-16-29-7-6-19-40-25-29/h4-9,11-12,14-15,17,19-20,25-26,32H,16,18,21-24,27H2,1-3H3,(H,42,47)(H,44,49)(H2,43,45,48). The van der Waals surface area contributed by atoms with E-state index in [2.05, 4.69) is 48.0 Å². The van der Waals surface area contributed by atoms with Gasteiger partial charge in [-0.3, -0.25) is 19.7 Å². The summed E-state index contributed by atoms with van der Waals surface area (Å²) in [5.74, 6) is 6.30. The minimum Gasteiger partial charge on any atom is -0.444 e. The van der Waals surface area contributed by atoms with Gasteiger partial charge >= 0.3 is 12.1 Å². The van der Waals surface area contributed by atoms with Gasteiger partial charge in [-0.1, -0.05) is 36.1 Å². The Kier molecular flexibility index (Phi) is 12.2. The number of anilines is 1. The number of rotatable bonds is 10. The van der Waals surface area contributed by atoms with Crippen molar-refractivity contribution in [2.45, 2.75) is 45.3 Å². The van der Waals surface area contributed by atoms with Crippen molar-refractivity contribution in [3.05, 3.63) is 114 Å². The third-order valence-corrected chi connectivity index (χ3v) is 7.90. The molecule has 1 aliphatic heterocycles. The molecule has 1 fully saturated rings. The molecule has 0 bridgehead atoms. The number of nitrogens with zero attached hydrogens (tertiary/aromatic N) is 3. The molecule has 1 saturated heterocycles. The fourth-order valence-electron chi connectivity index (χ4n) is 5.49. The van der Waals surface area contributed by atoms with E-state index in [1.165, 1.54) is 0 Å². The summed E-state index contributed by atoms with van der Waals surface area (Å²) in [6.45, 7) is 8.73. The molecule has 3 heterocycles. The van der Waals surface area contributed by atoms with Crippen molar-refractivity contribution in [1.82, 2.24) is 30.8 Å². The van der Waals surface area contributed by atoms with Crippen LogP contribution in [0.1, 0.15) is 54.2 Å². The summed E-state index contributed by atoms with van der Waals surface area (Å²) in [5, 5.41) is 11.7. The first-order valence-electron chi connectivity index (χ1n) is 16.7. The molecule has 0 saturated carbocycles. The molecule has 258 valence electrons. The Hall–Kier alpha value is -5.73. The fourth-order valence-corrected chi connectivity index (χ4v) is 5.49. The third kappa shape index (κ3) is 10.9. The molecule has 4 aromatic rings. The summed E-state index contributed by atoms with van der Waals surface area (Å²) in [5.41, 5.74) is 4.82. The summed E-state index contributed by atoms with van der Waals surface area (Å²) in [7, 11) is 0. The van der Waals surface area contributed by atoms with Gasteiger partial charge in [-0.15, -0.1) is 0 Å². The lowest BCUT2D eigenvalue weighted by Gasteiger charge is -2.22. The predicted molar refractivity (Wildman–Crippen MR) is 194 cm³/mol. The first-order chi connectivity index (χ1) is 24.1. The second kappa shape index (κ2) is 17.1. The first-order valence-corrected chi connectivity index (χ1v) is 16.7. The zero-order chi connectivity index (χ0) is 35.3. The highest BCUT2D eigenvalue weighted by Crippen LogP contribution is 2.29. The molecule has 11 heteroatoms. The Labute approximate surface area is 293 Å². The number of pyridine rings is 2. The Balaban J connectivity index is 1.13. The van der Waals surface area contributed by atoms with Crippen molar-refractivity contribution in [3.63, 3.8) is 0 Å². The van der Waals surface area contributed by atoms with Crippen LogP contribution in [0, 0.1) is 11.8 Å². The van der Waals surface area contributed by atoms with Crippen LogP contribution in [-0.2, 0) is 11.2 Å². The van der Waals surface area contributed by atoms with Crippen molar-refractivity contribution in [1.29, 1.82) is 0 Å². The second-order valence-corrected chi connectivity index (χ2v) is 13.0. The van der Waals surface area contributed by atoms with Gasteiger partial charge in [-0.05, 0) is 87.2 Å². The number of carbonyl (C=O) groups is 3. The van der Waals surface area contributed by atoms with Crippen LogP contribution in [0.15, 0.2) is 91.5 Å². The van der Waals surface area contributed by atoms with Crippen molar-refractivity contribution in [2.75, 3.05) is 38.0 Å². The van der Waals surface area contributed by atoms with E-state index in [-0.39, 0.29) is 18.0 Å². The van der Waals surface area contributed by atoms with E-state index in [1.807, 2.05) is 75.4 Å². The highest BCUT2D eigenvalue weighted by atomic mass is 16.6. The second-order valence-electron chi connectivity index (χ2n) is 13.0. The molecular formula is C39H43N7O4. The van der Waals surface area contributed by atoms with Gasteiger partial charge in [-0.25, -0.2) is 9.59 Å². The molecule has 2 aromatic heterocycles. The van der Waals surface area contributed by atoms with Crippen molar-refractivity contribution in [3.8, 4) is 23.0 Å². The quantitative estimate of drug-likeness (QED) is 0.169. The first kappa shape index (κ1) is 35.6. The van der Waals surface area contributed by atoms with Crippen LogP contribution in [0.2, 0.25) is 0 Å². The Morgan fingerprint density at radius 2 is 1.68 bits per heavy atom. The monoisotopic (exact) mass is 673 g/mol. The van der Waals surface area contributed by atoms with Crippen LogP contribution in [0.4, 0.5) is 15.3 Å². The van der Waals surface area contributed by atoms with Crippen molar-refractivity contribution >= 4 is 23.7 Å². The smallest absolute Gasteiger partial charge is 0.407 e. The third-order valence-electron chi connectivity index (χ3n) is 7.90. The minimum atomic E-state index is -0.532. The highest BCUT2D eigenvalue weighted by Gasteiger charge is 2.26. The van der Waals surface area contributed by atoms with Gasteiger partial charge in [0, 0.05) is 79.6 Å². The molecule has 2 aromatic carbocycles. The van der Waals surface area contributed by atoms with Crippen LogP contribution in [0.25, 0.3) is 11.1 Å². The fraction of sp³-hybridized carbons (Fsp3) is 0.308. The molecule has 1 atom stereocenters. The number of carbonyl (C=O) groups excluding carboxylic acids is 3. The molecule has 0 aliphatic carbocycles. The van der Waals surface area contributed by atoms with Gasteiger partial charge < -0.3 is 26.0 Å². The van der Waals surface area contributed by atoms with Crippen LogP contribution < -0.4 is 21.3 Å². The van der Waals surface area contributed by atoms with Gasteiger partial charge in [0.1, 0.15) is 5.60 Å². The van der Waals surface area contributed by atoms with Crippen LogP contribution in [0.5, 0.6) is 0 Å². The predicted octanol–water partition coefficient (Wildman–Crippen LogP) is 5.24. The Morgan fingerprint density at radius 3 is 2.46 bits per heavy atom. The average molecular weight is 674 g/mol. The van der Waals surface area contributed by atoms with Crippen molar-refractivity contribution < 1.29 is 19.1 Å². The van der Waals surface area contributed by atoms with Crippen LogP contribution in [-0.4, -0.2) is 77.3 Å². The highest BCUT2D eigenvalue weighted by molar-refractivity contribution is 5.95. The lowest BCUT2D eigenvalue weighted by Crippen LogP contribution is -2.41. The number of ether oxygens (including phenoxy) is 1. The summed E-state index contributed by atoms with van der Waals surface area (Å²) >= 11 is 0. The van der Waals surface area contributed by atoms with Crippen molar-refractivity contribution in [2.24, 2.45) is 0 Å². The SMILES string of the molecule is CC(C)(C)OC(=O)NC1CCN(CCNC(=O)c2ccc(C#Cc3ccccc3-c3ccncc3NC(=O)NCCc3cccnc3)cc2)C1. The Bertz CT molecular complexity index is 1830. The van der Waals surface area contributed by atoms with Gasteiger partial charge in [0.05, 0.1) is 11.9 Å². The van der Waals surface area contributed by atoms with E-state index in [4.69, 9.17) is 4.74 Å². The van der Waals surface area contributed by atoms with E-state index >= 15 is 0 Å². The molecule has 50 heavy (non-hydrogen) atoms. The van der Waals surface area contributed by atoms with Gasteiger partial charge in [0.25, 0.3) is 5.91 Å². The number of likely N-dealkylation sites (tertiary alicyclic amines) is 1. The molecule has 5 rings (SSSR count). The number of hydrogen-bond donors (Lipinski definition) is 4. The molecule has 0 radical (unpaired) electrons. The van der Waals surface area contributed by atoms with E-state index in [0.717, 1.165) is 40.8 Å². The zero-order valence-electron chi connectivity index (χ0n) is 28.7. The maximum absolute atomic E-state index is 12.8. The molecule has 4 amide bonds. The van der Waals surface area contributed by atoms with Gasteiger partial charge in [0.2, 0.25) is 0 Å². The van der Waals surface area contributed by atoms with Crippen LogP contribution in [0.3, 0.4) is 0 Å². The number of amides is 4. The Morgan fingerprint density at radius 1 is 0.880 bits per heavy atom. The summed E-state index contributed by atoms with van der Waals surface area (Å²) in [4.78, 5) is 48.1. The summed E-state index contributed by atoms with van der Waals surface area (Å²) in [6, 6.07) is 20.3. The molecular weight excluding hydrogens is 630 g/mol. The molecule has 0 spiro atoms. The molecule has 1 unspecified atom stereocenters. The number of alkyl carbamates (subject to hydrolysis) is 1. The molecule has 11 nitrogen and oxygen atoms in total. The van der Waals surface area contributed by atoms with E-state index in [9.17, 15) is 14.4 Å². The lowest BCUT2D eigenvalue weighted by molar-refractivity contribution is 0.0506. The maximum Gasteiger partial charge on any atom is 0.407 e. The largest absolute Gasteiger partial charge is 0.444 e. The van der Waals surface area contributed by atoms with Gasteiger partial charge in [-0.2, -0.15) is 0 Å². The number of aromatic nitrogens is 2. The van der Waals surface area contributed by atoms with E-state index in [1.54, 1.807) is 36.9 Å². The average Bonchev–Trinajstić information content (AvgIpc) is 3.54. The normalized spacial score (nSPS) is 14.2. The summed E-state index contributed by atoms with van der Waals surface area (Å²) in [6.07, 6.45) is 7.91.